The van der Waals surface area contributed by atoms with E-state index in [1.807, 2.05) is 30.3 Å². The zero-order valence-corrected chi connectivity index (χ0v) is 20.8. The fourth-order valence-electron chi connectivity index (χ4n) is 4.57. The van der Waals surface area contributed by atoms with E-state index in [0.717, 1.165) is 21.2 Å². The SMILES string of the molecule is O=C(Cc1ccco1)N[C@@H]1C(=O)N2C(C(=O)O)=C(Sc3ccc4c(c3)oc3cc(CO)ccc34)CS[C@@H]12. The van der Waals surface area contributed by atoms with Gasteiger partial charge >= 0.3 is 5.97 Å². The average Bonchev–Trinajstić information content (AvgIpc) is 3.53. The van der Waals surface area contributed by atoms with Gasteiger partial charge in [-0.05, 0) is 42.0 Å². The Morgan fingerprint density at radius 2 is 1.92 bits per heavy atom. The van der Waals surface area contributed by atoms with Crippen LogP contribution in [0, 0.1) is 0 Å². The van der Waals surface area contributed by atoms with Crippen molar-refractivity contribution < 1.29 is 33.4 Å². The zero-order chi connectivity index (χ0) is 25.7. The molecule has 188 valence electrons. The van der Waals surface area contributed by atoms with Gasteiger partial charge in [0.05, 0.1) is 19.3 Å². The predicted molar refractivity (Wildman–Crippen MR) is 138 cm³/mol. The molecule has 0 radical (unpaired) electrons. The van der Waals surface area contributed by atoms with Crippen molar-refractivity contribution in [2.24, 2.45) is 0 Å². The lowest BCUT2D eigenvalue weighted by atomic mass is 10.0. The molecule has 0 unspecified atom stereocenters. The van der Waals surface area contributed by atoms with E-state index >= 15 is 0 Å². The first-order valence-corrected chi connectivity index (χ1v) is 13.3. The van der Waals surface area contributed by atoms with Crippen LogP contribution in [0.5, 0.6) is 0 Å². The van der Waals surface area contributed by atoms with Gasteiger partial charge < -0.3 is 24.4 Å². The number of benzene rings is 2. The summed E-state index contributed by atoms with van der Waals surface area (Å²) in [4.78, 5) is 40.0. The number of rotatable bonds is 7. The minimum atomic E-state index is -1.19. The summed E-state index contributed by atoms with van der Waals surface area (Å²) in [7, 11) is 0. The van der Waals surface area contributed by atoms with Crippen molar-refractivity contribution in [1.82, 2.24) is 10.2 Å². The molecule has 6 rings (SSSR count). The number of hydrogen-bond donors (Lipinski definition) is 3. The van der Waals surface area contributed by atoms with Gasteiger partial charge in [-0.2, -0.15) is 0 Å². The number of hydrogen-bond acceptors (Lipinski definition) is 8. The molecule has 0 spiro atoms. The van der Waals surface area contributed by atoms with Crippen LogP contribution in [0.2, 0.25) is 0 Å². The Kier molecular flexibility index (Phi) is 5.98. The van der Waals surface area contributed by atoms with Gasteiger partial charge in [-0.25, -0.2) is 4.79 Å². The van der Waals surface area contributed by atoms with E-state index in [9.17, 15) is 24.6 Å². The summed E-state index contributed by atoms with van der Waals surface area (Å²) in [5.74, 6) is -1.14. The third-order valence-electron chi connectivity index (χ3n) is 6.30. The number of furan rings is 2. The predicted octanol–water partition coefficient (Wildman–Crippen LogP) is 3.70. The van der Waals surface area contributed by atoms with Crippen LogP contribution in [-0.4, -0.2) is 50.1 Å². The number of nitrogens with one attached hydrogen (secondary N) is 1. The second-order valence-electron chi connectivity index (χ2n) is 8.64. The molecular weight excluding hydrogens is 516 g/mol. The summed E-state index contributed by atoms with van der Waals surface area (Å²) in [6.07, 6.45) is 1.47. The molecule has 2 aliphatic rings. The van der Waals surface area contributed by atoms with Crippen molar-refractivity contribution in [2.75, 3.05) is 5.75 Å². The van der Waals surface area contributed by atoms with Crippen LogP contribution in [0.3, 0.4) is 0 Å². The smallest absolute Gasteiger partial charge is 0.353 e. The van der Waals surface area contributed by atoms with E-state index in [0.29, 0.717) is 27.6 Å². The topological polar surface area (TPSA) is 133 Å². The lowest BCUT2D eigenvalue weighted by molar-refractivity contribution is -0.150. The van der Waals surface area contributed by atoms with Gasteiger partial charge in [0.25, 0.3) is 5.91 Å². The van der Waals surface area contributed by atoms with E-state index in [1.165, 1.54) is 34.7 Å². The van der Waals surface area contributed by atoms with Gasteiger partial charge in [-0.15, -0.1) is 11.8 Å². The molecular formula is C26H20N2O7S2. The molecule has 2 amide bonds. The molecule has 0 saturated carbocycles. The molecule has 9 nitrogen and oxygen atoms in total. The van der Waals surface area contributed by atoms with Gasteiger partial charge in [-0.1, -0.05) is 23.9 Å². The number of carbonyl (C=O) groups is 3. The summed E-state index contributed by atoms with van der Waals surface area (Å²) >= 11 is 2.69. The van der Waals surface area contributed by atoms with Crippen molar-refractivity contribution in [3.63, 3.8) is 0 Å². The maximum Gasteiger partial charge on any atom is 0.353 e. The van der Waals surface area contributed by atoms with E-state index in [-0.39, 0.29) is 24.6 Å². The van der Waals surface area contributed by atoms with Crippen LogP contribution < -0.4 is 5.32 Å². The second-order valence-corrected chi connectivity index (χ2v) is 10.9. The Bertz CT molecular complexity index is 1590. The van der Waals surface area contributed by atoms with Crippen LogP contribution in [0.4, 0.5) is 0 Å². The summed E-state index contributed by atoms with van der Waals surface area (Å²) in [5.41, 5.74) is 2.00. The largest absolute Gasteiger partial charge is 0.477 e. The maximum absolute atomic E-state index is 12.9. The van der Waals surface area contributed by atoms with E-state index in [4.69, 9.17) is 8.83 Å². The molecule has 0 aliphatic carbocycles. The number of aliphatic hydroxyl groups is 1. The highest BCUT2D eigenvalue weighted by atomic mass is 32.2. The number of thioether (sulfide) groups is 2. The highest BCUT2D eigenvalue weighted by Gasteiger charge is 2.54. The highest BCUT2D eigenvalue weighted by molar-refractivity contribution is 8.06. The van der Waals surface area contributed by atoms with E-state index in [2.05, 4.69) is 5.32 Å². The minimum absolute atomic E-state index is 0.00246. The molecule has 1 fully saturated rings. The first kappa shape index (κ1) is 23.7. The summed E-state index contributed by atoms with van der Waals surface area (Å²) < 4.78 is 11.2. The first-order valence-electron chi connectivity index (χ1n) is 11.4. The lowest BCUT2D eigenvalue weighted by Crippen LogP contribution is -2.70. The average molecular weight is 537 g/mol. The number of β-lactam (4-membered cyclic amide) rings is 1. The Hall–Kier alpha value is -3.67. The van der Waals surface area contributed by atoms with Crippen molar-refractivity contribution in [3.8, 4) is 0 Å². The van der Waals surface area contributed by atoms with Gasteiger partial charge in [-0.3, -0.25) is 14.5 Å². The number of carboxylic acids is 1. The van der Waals surface area contributed by atoms with E-state index < -0.39 is 23.3 Å². The molecule has 2 atom stereocenters. The molecule has 2 aromatic carbocycles. The molecule has 0 bridgehead atoms. The van der Waals surface area contributed by atoms with Gasteiger partial charge in [0, 0.05) is 26.3 Å². The number of aliphatic carboxylic acids is 1. The minimum Gasteiger partial charge on any atom is -0.477 e. The van der Waals surface area contributed by atoms with Crippen LogP contribution in [0.1, 0.15) is 11.3 Å². The summed E-state index contributed by atoms with van der Waals surface area (Å²) in [5, 5.41) is 23.4. The number of nitrogens with zero attached hydrogens (tertiary/aromatic N) is 1. The molecule has 11 heteroatoms. The van der Waals surface area contributed by atoms with Crippen LogP contribution in [0.25, 0.3) is 21.9 Å². The number of fused-ring (bicyclic) bond motifs is 4. The number of amides is 2. The highest BCUT2D eigenvalue weighted by Crippen LogP contribution is 2.45. The molecule has 4 heterocycles. The molecule has 1 saturated heterocycles. The van der Waals surface area contributed by atoms with Crippen LogP contribution >= 0.6 is 23.5 Å². The number of carboxylic acid groups (broad SMARTS) is 1. The molecule has 2 aromatic heterocycles. The van der Waals surface area contributed by atoms with Crippen molar-refractivity contribution >= 4 is 63.2 Å². The standard InChI is InChI=1S/C26H20N2O7S2/c29-11-13-3-5-16-17-6-4-15(10-19(17)35-18(16)8-13)37-20-12-36-25-22(24(31)28(25)23(20)26(32)33)27-21(30)9-14-2-1-7-34-14/h1-8,10,22,25,29H,9,11-12H2,(H,27,30)(H,32,33)/t22-,25+/m1/s1. The second kappa shape index (κ2) is 9.33. The first-order chi connectivity index (χ1) is 17.9. The fraction of sp³-hybridized carbons (Fsp3) is 0.192. The number of carbonyl (C=O) groups excluding carboxylic acids is 2. The monoisotopic (exact) mass is 536 g/mol. The Morgan fingerprint density at radius 3 is 2.65 bits per heavy atom. The summed E-state index contributed by atoms with van der Waals surface area (Å²) in [6, 6.07) is 13.8. The molecule has 37 heavy (non-hydrogen) atoms. The van der Waals surface area contributed by atoms with Gasteiger partial charge in [0.1, 0.15) is 34.0 Å². The van der Waals surface area contributed by atoms with Crippen LogP contribution in [0.15, 0.2) is 79.1 Å². The summed E-state index contributed by atoms with van der Waals surface area (Å²) in [6.45, 7) is -0.0807. The van der Waals surface area contributed by atoms with Crippen molar-refractivity contribution in [2.45, 2.75) is 29.3 Å². The lowest BCUT2D eigenvalue weighted by Gasteiger charge is -2.49. The third kappa shape index (κ3) is 4.18. The molecule has 3 N–H and O–H groups in total. The van der Waals surface area contributed by atoms with Crippen molar-refractivity contribution in [1.29, 1.82) is 0 Å². The fourth-order valence-corrected chi connectivity index (χ4v) is 7.07. The molecule has 2 aliphatic heterocycles. The van der Waals surface area contributed by atoms with Crippen molar-refractivity contribution in [3.05, 3.63) is 76.7 Å². The van der Waals surface area contributed by atoms with Gasteiger partial charge in [0.2, 0.25) is 5.91 Å². The zero-order valence-electron chi connectivity index (χ0n) is 19.2. The molecule has 4 aromatic rings. The maximum atomic E-state index is 12.9. The quantitative estimate of drug-likeness (QED) is 0.302. The van der Waals surface area contributed by atoms with E-state index in [1.54, 1.807) is 18.2 Å². The number of aliphatic hydroxyl groups excluding tert-OH is 1. The van der Waals surface area contributed by atoms with Crippen LogP contribution in [-0.2, 0) is 27.4 Å². The third-order valence-corrected chi connectivity index (χ3v) is 8.84. The Morgan fingerprint density at radius 1 is 1.14 bits per heavy atom. The Labute approximate surface area is 218 Å². The normalized spacial score (nSPS) is 19.3. The Balaban J connectivity index is 1.23. The van der Waals surface area contributed by atoms with Gasteiger partial charge in [0.15, 0.2) is 0 Å².